The standard InChI is InChI=1S/C8H11ClN2O2/c1-3-4-5-10-8(13)11-7(12)6(2)9/h6H,5H2,1-2H3,(H2,10,11,12,13). The third-order valence-electron chi connectivity index (χ3n) is 1.11. The van der Waals surface area contributed by atoms with E-state index in [9.17, 15) is 9.59 Å². The van der Waals surface area contributed by atoms with Gasteiger partial charge in [-0.15, -0.1) is 17.5 Å². The van der Waals surface area contributed by atoms with Gasteiger partial charge >= 0.3 is 6.03 Å². The van der Waals surface area contributed by atoms with E-state index in [4.69, 9.17) is 11.6 Å². The molecule has 0 fully saturated rings. The average Bonchev–Trinajstić information content (AvgIpc) is 2.04. The molecule has 0 heterocycles. The van der Waals surface area contributed by atoms with Gasteiger partial charge in [-0.1, -0.05) is 5.92 Å². The minimum Gasteiger partial charge on any atom is -0.327 e. The second-order valence-electron chi connectivity index (χ2n) is 2.21. The van der Waals surface area contributed by atoms with E-state index in [0.29, 0.717) is 0 Å². The van der Waals surface area contributed by atoms with E-state index in [1.807, 2.05) is 5.32 Å². The van der Waals surface area contributed by atoms with Crippen LogP contribution in [0, 0.1) is 11.8 Å². The molecule has 13 heavy (non-hydrogen) atoms. The number of imide groups is 1. The summed E-state index contributed by atoms with van der Waals surface area (Å²) < 4.78 is 0. The first-order valence-corrected chi connectivity index (χ1v) is 4.14. The Hall–Kier alpha value is -1.21. The van der Waals surface area contributed by atoms with E-state index in [1.54, 1.807) is 6.92 Å². The fourth-order valence-electron chi connectivity index (χ4n) is 0.468. The highest BCUT2D eigenvalue weighted by Gasteiger charge is 2.11. The van der Waals surface area contributed by atoms with Crippen molar-refractivity contribution in [2.45, 2.75) is 19.2 Å². The third kappa shape index (κ3) is 6.00. The van der Waals surface area contributed by atoms with E-state index in [-0.39, 0.29) is 6.54 Å². The maximum Gasteiger partial charge on any atom is 0.322 e. The van der Waals surface area contributed by atoms with Crippen molar-refractivity contribution < 1.29 is 9.59 Å². The first-order valence-electron chi connectivity index (χ1n) is 3.70. The molecular formula is C8H11ClN2O2. The van der Waals surface area contributed by atoms with Crippen molar-refractivity contribution in [3.63, 3.8) is 0 Å². The number of rotatable bonds is 2. The van der Waals surface area contributed by atoms with Crippen LogP contribution >= 0.6 is 11.6 Å². The van der Waals surface area contributed by atoms with E-state index in [1.165, 1.54) is 6.92 Å². The predicted octanol–water partition coefficient (Wildman–Crippen LogP) is 0.463. The third-order valence-corrected chi connectivity index (χ3v) is 1.31. The van der Waals surface area contributed by atoms with Crippen LogP contribution in [0.25, 0.3) is 0 Å². The Balaban J connectivity index is 3.73. The van der Waals surface area contributed by atoms with Gasteiger partial charge in [-0.05, 0) is 13.8 Å². The van der Waals surface area contributed by atoms with Crippen LogP contribution in [0.4, 0.5) is 4.79 Å². The zero-order valence-corrected chi connectivity index (χ0v) is 8.23. The molecule has 5 heteroatoms. The van der Waals surface area contributed by atoms with Gasteiger partial charge in [0.05, 0.1) is 6.54 Å². The number of halogens is 1. The molecule has 1 unspecified atom stereocenters. The normalized spacial score (nSPS) is 10.7. The lowest BCUT2D eigenvalue weighted by atomic mass is 10.4. The molecule has 0 aromatic rings. The maximum absolute atomic E-state index is 10.9. The monoisotopic (exact) mass is 202 g/mol. The molecule has 4 nitrogen and oxygen atoms in total. The van der Waals surface area contributed by atoms with Crippen LogP contribution < -0.4 is 10.6 Å². The Morgan fingerprint density at radius 3 is 2.62 bits per heavy atom. The minimum atomic E-state index is -0.719. The SMILES string of the molecule is CC#CCNC(=O)NC(=O)C(C)Cl. The van der Waals surface area contributed by atoms with Gasteiger partial charge in [0.25, 0.3) is 0 Å². The minimum absolute atomic E-state index is 0.215. The highest BCUT2D eigenvalue weighted by Crippen LogP contribution is 1.91. The van der Waals surface area contributed by atoms with E-state index in [2.05, 4.69) is 17.2 Å². The van der Waals surface area contributed by atoms with Crippen molar-refractivity contribution in [1.29, 1.82) is 0 Å². The number of hydrogen-bond donors (Lipinski definition) is 2. The number of hydrogen-bond acceptors (Lipinski definition) is 2. The summed E-state index contributed by atoms with van der Waals surface area (Å²) in [6.45, 7) is 3.36. The fourth-order valence-corrected chi connectivity index (χ4v) is 0.523. The molecule has 0 aromatic carbocycles. The van der Waals surface area contributed by atoms with Crippen LogP contribution in [0.1, 0.15) is 13.8 Å². The molecule has 1 atom stereocenters. The summed E-state index contributed by atoms with van der Waals surface area (Å²) in [7, 11) is 0. The quantitative estimate of drug-likeness (QED) is 0.505. The summed E-state index contributed by atoms with van der Waals surface area (Å²) in [4.78, 5) is 21.7. The van der Waals surface area contributed by atoms with Gasteiger partial charge in [-0.25, -0.2) is 4.79 Å². The van der Waals surface area contributed by atoms with Gasteiger partial charge < -0.3 is 5.32 Å². The molecule has 72 valence electrons. The summed E-state index contributed by atoms with van der Waals surface area (Å²) in [6, 6.07) is -0.583. The molecule has 3 amide bonds. The first kappa shape index (κ1) is 11.8. The van der Waals surface area contributed by atoms with Crippen molar-refractivity contribution in [2.75, 3.05) is 6.54 Å². The van der Waals surface area contributed by atoms with Crippen LogP contribution in [0.15, 0.2) is 0 Å². The van der Waals surface area contributed by atoms with Crippen molar-refractivity contribution in [3.8, 4) is 11.8 Å². The molecule has 0 rings (SSSR count). The van der Waals surface area contributed by atoms with Crippen LogP contribution in [-0.4, -0.2) is 23.9 Å². The average molecular weight is 203 g/mol. The number of carbonyl (C=O) groups excluding carboxylic acids is 2. The van der Waals surface area contributed by atoms with Gasteiger partial charge in [0.15, 0.2) is 0 Å². The topological polar surface area (TPSA) is 58.2 Å². The fraction of sp³-hybridized carbons (Fsp3) is 0.500. The van der Waals surface area contributed by atoms with Gasteiger partial charge in [0.1, 0.15) is 5.38 Å². The lowest BCUT2D eigenvalue weighted by Gasteiger charge is -2.04. The van der Waals surface area contributed by atoms with Crippen LogP contribution in [0.3, 0.4) is 0 Å². The van der Waals surface area contributed by atoms with Gasteiger partial charge in [-0.2, -0.15) is 0 Å². The second kappa shape index (κ2) is 6.32. The summed E-state index contributed by atoms with van der Waals surface area (Å²) in [5, 5.41) is 3.70. The van der Waals surface area contributed by atoms with Gasteiger partial charge in [0, 0.05) is 0 Å². The van der Waals surface area contributed by atoms with Gasteiger partial charge in [0.2, 0.25) is 5.91 Å². The Morgan fingerprint density at radius 1 is 1.54 bits per heavy atom. The molecule has 0 saturated heterocycles. The number of nitrogens with one attached hydrogen (secondary N) is 2. The van der Waals surface area contributed by atoms with Crippen LogP contribution in [0.2, 0.25) is 0 Å². The maximum atomic E-state index is 10.9. The molecule has 0 spiro atoms. The lowest BCUT2D eigenvalue weighted by Crippen LogP contribution is -2.42. The van der Waals surface area contributed by atoms with E-state index >= 15 is 0 Å². The Kier molecular flexibility index (Phi) is 5.73. The lowest BCUT2D eigenvalue weighted by molar-refractivity contribution is -0.119. The molecule has 0 saturated carbocycles. The predicted molar refractivity (Wildman–Crippen MR) is 50.3 cm³/mol. The Labute approximate surface area is 82.0 Å². The molecule has 0 aliphatic heterocycles. The number of alkyl halides is 1. The summed E-state index contributed by atoms with van der Waals surface area (Å²) in [6.07, 6.45) is 0. The summed E-state index contributed by atoms with van der Waals surface area (Å²) >= 11 is 5.41. The summed E-state index contributed by atoms with van der Waals surface area (Å²) in [5.74, 6) is 4.69. The highest BCUT2D eigenvalue weighted by atomic mass is 35.5. The van der Waals surface area contributed by atoms with Crippen LogP contribution in [-0.2, 0) is 4.79 Å². The molecule has 0 aliphatic carbocycles. The zero-order valence-electron chi connectivity index (χ0n) is 7.48. The largest absolute Gasteiger partial charge is 0.327 e. The van der Waals surface area contributed by atoms with Crippen LogP contribution in [0.5, 0.6) is 0 Å². The first-order chi connectivity index (χ1) is 6.07. The Bertz CT molecular complexity index is 253. The zero-order chi connectivity index (χ0) is 10.3. The second-order valence-corrected chi connectivity index (χ2v) is 2.87. The molecular weight excluding hydrogens is 192 g/mol. The van der Waals surface area contributed by atoms with Crippen molar-refractivity contribution in [3.05, 3.63) is 0 Å². The van der Waals surface area contributed by atoms with Crippen molar-refractivity contribution in [2.24, 2.45) is 0 Å². The van der Waals surface area contributed by atoms with Crippen molar-refractivity contribution >= 4 is 23.5 Å². The number of amides is 3. The molecule has 0 aromatic heterocycles. The van der Waals surface area contributed by atoms with Crippen molar-refractivity contribution in [1.82, 2.24) is 10.6 Å². The number of carbonyl (C=O) groups is 2. The highest BCUT2D eigenvalue weighted by molar-refractivity contribution is 6.31. The van der Waals surface area contributed by atoms with Gasteiger partial charge in [-0.3, -0.25) is 10.1 Å². The molecule has 0 radical (unpaired) electrons. The number of urea groups is 1. The molecule has 0 bridgehead atoms. The molecule has 0 aliphatic rings. The summed E-state index contributed by atoms with van der Waals surface area (Å²) in [5.41, 5.74) is 0. The molecule has 2 N–H and O–H groups in total. The Morgan fingerprint density at radius 2 is 2.15 bits per heavy atom. The van der Waals surface area contributed by atoms with E-state index < -0.39 is 17.3 Å². The van der Waals surface area contributed by atoms with E-state index in [0.717, 1.165) is 0 Å². The smallest absolute Gasteiger partial charge is 0.322 e.